The molecule has 2 aliphatic rings. The van der Waals surface area contributed by atoms with Crippen molar-refractivity contribution in [1.82, 2.24) is 15.3 Å². The second kappa shape index (κ2) is 7.52. The van der Waals surface area contributed by atoms with Crippen LogP contribution in [0.5, 0.6) is 6.01 Å². The number of benzene rings is 2. The van der Waals surface area contributed by atoms with Gasteiger partial charge in [-0.2, -0.15) is 9.97 Å². The van der Waals surface area contributed by atoms with E-state index in [0.717, 1.165) is 37.2 Å². The summed E-state index contributed by atoms with van der Waals surface area (Å²) in [6, 6.07) is 13.7. The first-order valence-electron chi connectivity index (χ1n) is 10.4. The van der Waals surface area contributed by atoms with Crippen LogP contribution in [0.25, 0.3) is 10.8 Å². The van der Waals surface area contributed by atoms with Gasteiger partial charge in [-0.1, -0.05) is 30.3 Å². The van der Waals surface area contributed by atoms with E-state index in [9.17, 15) is 0 Å². The molecule has 3 aromatic rings. The summed E-state index contributed by atoms with van der Waals surface area (Å²) in [5.41, 5.74) is 10.8. The molecule has 0 bridgehead atoms. The number of nitrogens with two attached hydrogens (primary N) is 1. The number of aromatic nitrogens is 2. The third-order valence-electron chi connectivity index (χ3n) is 6.08. The minimum absolute atomic E-state index is 0.381. The predicted molar refractivity (Wildman–Crippen MR) is 116 cm³/mol. The van der Waals surface area contributed by atoms with Crippen LogP contribution in [0.2, 0.25) is 0 Å². The molecule has 6 heteroatoms. The zero-order chi connectivity index (χ0) is 19.8. The van der Waals surface area contributed by atoms with E-state index in [1.54, 1.807) is 0 Å². The van der Waals surface area contributed by atoms with Crippen LogP contribution in [-0.2, 0) is 13.0 Å². The molecule has 150 valence electrons. The molecular formula is C23H27N5O. The van der Waals surface area contributed by atoms with E-state index >= 15 is 0 Å². The van der Waals surface area contributed by atoms with Gasteiger partial charge in [-0.05, 0) is 49.7 Å². The second-order valence-corrected chi connectivity index (χ2v) is 8.04. The molecule has 3 heterocycles. The highest BCUT2D eigenvalue weighted by atomic mass is 16.5. The van der Waals surface area contributed by atoms with Crippen LogP contribution in [0.15, 0.2) is 36.4 Å². The molecule has 0 radical (unpaired) electrons. The lowest BCUT2D eigenvalue weighted by Crippen LogP contribution is -2.33. The Morgan fingerprint density at radius 1 is 1.21 bits per heavy atom. The Kier molecular flexibility index (Phi) is 4.72. The van der Waals surface area contributed by atoms with Crippen LogP contribution in [-0.4, -0.2) is 35.7 Å². The second-order valence-electron chi connectivity index (χ2n) is 8.04. The molecule has 0 aliphatic carbocycles. The van der Waals surface area contributed by atoms with Gasteiger partial charge >= 0.3 is 6.01 Å². The largest absolute Gasteiger partial charge is 0.462 e. The van der Waals surface area contributed by atoms with E-state index in [2.05, 4.69) is 58.5 Å². The zero-order valence-corrected chi connectivity index (χ0v) is 16.8. The number of nitrogens with zero attached hydrogens (tertiary/aromatic N) is 3. The van der Waals surface area contributed by atoms with Gasteiger partial charge in [0, 0.05) is 29.2 Å². The molecule has 2 aromatic carbocycles. The van der Waals surface area contributed by atoms with Gasteiger partial charge in [0.1, 0.15) is 12.4 Å². The number of fused-ring (bicyclic) bond motifs is 2. The van der Waals surface area contributed by atoms with Crippen LogP contribution in [0.1, 0.15) is 29.7 Å². The lowest BCUT2D eigenvalue weighted by Gasteiger charge is -2.31. The molecule has 1 atom stereocenters. The maximum absolute atomic E-state index is 6.26. The number of aryl methyl sites for hydroxylation is 1. The molecule has 5 rings (SSSR count). The normalized spacial score (nSPS) is 18.8. The van der Waals surface area contributed by atoms with Gasteiger partial charge in [0.2, 0.25) is 0 Å². The van der Waals surface area contributed by atoms with E-state index in [0.29, 0.717) is 31.0 Å². The average Bonchev–Trinajstić information content (AvgIpc) is 3.25. The highest BCUT2D eigenvalue weighted by Crippen LogP contribution is 2.33. The first-order chi connectivity index (χ1) is 14.2. The van der Waals surface area contributed by atoms with Crippen molar-refractivity contribution >= 4 is 22.3 Å². The number of anilines is 2. The number of nitrogen functional groups attached to an aromatic ring is 1. The highest BCUT2D eigenvalue weighted by molar-refractivity contribution is 5.97. The van der Waals surface area contributed by atoms with Crippen molar-refractivity contribution in [3.63, 3.8) is 0 Å². The molecule has 1 saturated heterocycles. The molecule has 0 spiro atoms. The summed E-state index contributed by atoms with van der Waals surface area (Å²) in [4.78, 5) is 11.5. The molecule has 0 unspecified atom stereocenters. The van der Waals surface area contributed by atoms with Crippen molar-refractivity contribution in [2.45, 2.75) is 38.8 Å². The summed E-state index contributed by atoms with van der Waals surface area (Å²) in [6.45, 7) is 5.44. The average molecular weight is 390 g/mol. The molecule has 1 aromatic heterocycles. The van der Waals surface area contributed by atoms with E-state index in [4.69, 9.17) is 15.5 Å². The Hall–Kier alpha value is -2.86. The van der Waals surface area contributed by atoms with Gasteiger partial charge in [-0.3, -0.25) is 0 Å². The van der Waals surface area contributed by atoms with Gasteiger partial charge in [-0.25, -0.2) is 0 Å². The maximum atomic E-state index is 6.26. The van der Waals surface area contributed by atoms with Crippen molar-refractivity contribution in [2.24, 2.45) is 0 Å². The monoisotopic (exact) mass is 389 g/mol. The summed E-state index contributed by atoms with van der Waals surface area (Å²) in [5.74, 6) is 0.554. The van der Waals surface area contributed by atoms with Gasteiger partial charge in [0.05, 0.1) is 12.2 Å². The lowest BCUT2D eigenvalue weighted by molar-refractivity contribution is 0.256. The number of ether oxygens (including phenoxy) is 1. The summed E-state index contributed by atoms with van der Waals surface area (Å²) < 4.78 is 5.88. The van der Waals surface area contributed by atoms with Crippen LogP contribution in [0.3, 0.4) is 0 Å². The summed E-state index contributed by atoms with van der Waals surface area (Å²) in [7, 11) is 0. The molecule has 1 fully saturated rings. The fraction of sp³-hybridized carbons (Fsp3) is 0.391. The first kappa shape index (κ1) is 18.2. The van der Waals surface area contributed by atoms with E-state index in [-0.39, 0.29) is 0 Å². The summed E-state index contributed by atoms with van der Waals surface area (Å²) >= 11 is 0. The first-order valence-corrected chi connectivity index (χ1v) is 10.4. The number of hydrogen-bond acceptors (Lipinski definition) is 6. The molecule has 0 amide bonds. The molecule has 29 heavy (non-hydrogen) atoms. The molecule has 3 N–H and O–H groups in total. The minimum Gasteiger partial charge on any atom is -0.462 e. The number of nitrogens with one attached hydrogen (secondary N) is 1. The smallest absolute Gasteiger partial charge is 0.318 e. The fourth-order valence-electron chi connectivity index (χ4n) is 4.55. The van der Waals surface area contributed by atoms with Crippen molar-refractivity contribution in [3.05, 3.63) is 53.2 Å². The van der Waals surface area contributed by atoms with Crippen molar-refractivity contribution in [2.75, 3.05) is 30.3 Å². The van der Waals surface area contributed by atoms with Crippen molar-refractivity contribution < 1.29 is 4.74 Å². The van der Waals surface area contributed by atoms with E-state index in [1.165, 1.54) is 28.4 Å². The minimum atomic E-state index is 0.381. The SMILES string of the molecule is Cc1cccc2cccc(N3CCc4c(N)nc(OC[C@@H]5CCCN5)nc4C3)c12. The van der Waals surface area contributed by atoms with E-state index in [1.807, 2.05) is 0 Å². The Balaban J connectivity index is 1.43. The Bertz CT molecular complexity index is 1040. The quantitative estimate of drug-likeness (QED) is 0.714. The zero-order valence-electron chi connectivity index (χ0n) is 16.8. The number of hydrogen-bond donors (Lipinski definition) is 2. The molecule has 6 nitrogen and oxygen atoms in total. The van der Waals surface area contributed by atoms with E-state index < -0.39 is 0 Å². The standard InChI is InChI=1S/C23H27N5O/c1-15-5-2-6-16-7-3-9-20(21(15)16)28-12-10-18-19(13-28)26-23(27-22(18)24)29-14-17-8-4-11-25-17/h2-3,5-7,9,17,25H,4,8,10-14H2,1H3,(H2,24,26,27)/t17-/m0/s1. The van der Waals surface area contributed by atoms with Crippen LogP contribution in [0.4, 0.5) is 11.5 Å². The van der Waals surface area contributed by atoms with Gasteiger partial charge in [0.25, 0.3) is 0 Å². The van der Waals surface area contributed by atoms with Crippen LogP contribution < -0.4 is 20.7 Å². The summed E-state index contributed by atoms with van der Waals surface area (Å²) in [6.07, 6.45) is 3.17. The fourth-order valence-corrected chi connectivity index (χ4v) is 4.55. The van der Waals surface area contributed by atoms with Crippen molar-refractivity contribution in [3.8, 4) is 6.01 Å². The lowest BCUT2D eigenvalue weighted by atomic mass is 10.00. The summed E-state index contributed by atoms with van der Waals surface area (Å²) in [5, 5.41) is 6.01. The maximum Gasteiger partial charge on any atom is 0.318 e. The van der Waals surface area contributed by atoms with Crippen molar-refractivity contribution in [1.29, 1.82) is 0 Å². The third-order valence-corrected chi connectivity index (χ3v) is 6.08. The highest BCUT2D eigenvalue weighted by Gasteiger charge is 2.24. The molecule has 2 aliphatic heterocycles. The van der Waals surface area contributed by atoms with Gasteiger partial charge < -0.3 is 20.7 Å². The third kappa shape index (κ3) is 3.49. The topological polar surface area (TPSA) is 76.3 Å². The number of rotatable bonds is 4. The van der Waals surface area contributed by atoms with Gasteiger partial charge in [-0.15, -0.1) is 0 Å². The van der Waals surface area contributed by atoms with Crippen LogP contribution >= 0.6 is 0 Å². The Morgan fingerprint density at radius 3 is 2.90 bits per heavy atom. The predicted octanol–water partition coefficient (Wildman–Crippen LogP) is 3.21. The molecular weight excluding hydrogens is 362 g/mol. The van der Waals surface area contributed by atoms with Crippen LogP contribution in [0, 0.1) is 6.92 Å². The Labute approximate surface area is 171 Å². The Morgan fingerprint density at radius 2 is 2.07 bits per heavy atom. The van der Waals surface area contributed by atoms with Gasteiger partial charge in [0.15, 0.2) is 0 Å². The molecule has 0 saturated carbocycles.